The summed E-state index contributed by atoms with van der Waals surface area (Å²) in [4.78, 5) is 16.1. The maximum atomic E-state index is 13.3. The molecule has 0 aliphatic carbocycles. The Morgan fingerprint density at radius 3 is 3.00 bits per heavy atom. The number of halogens is 1. The molecule has 3 N–H and O–H groups in total. The van der Waals surface area contributed by atoms with Gasteiger partial charge in [-0.3, -0.25) is 4.79 Å². The van der Waals surface area contributed by atoms with Crippen LogP contribution < -0.4 is 11.1 Å². The lowest BCUT2D eigenvalue weighted by Crippen LogP contribution is -2.24. The van der Waals surface area contributed by atoms with Crippen LogP contribution in [0.3, 0.4) is 0 Å². The third-order valence-corrected chi connectivity index (χ3v) is 2.62. The van der Waals surface area contributed by atoms with Crippen LogP contribution in [0.4, 0.5) is 4.39 Å². The summed E-state index contributed by atoms with van der Waals surface area (Å²) < 4.78 is 18.6. The zero-order valence-corrected chi connectivity index (χ0v) is 11.4. The second kappa shape index (κ2) is 6.68. The van der Waals surface area contributed by atoms with E-state index in [0.29, 0.717) is 17.2 Å². The lowest BCUT2D eigenvalue weighted by Gasteiger charge is -2.05. The zero-order chi connectivity index (χ0) is 15.2. The summed E-state index contributed by atoms with van der Waals surface area (Å²) in [6.45, 7) is 2.03. The van der Waals surface area contributed by atoms with Crippen LogP contribution in [-0.2, 0) is 6.54 Å². The average Bonchev–Trinajstić information content (AvgIpc) is 2.89. The van der Waals surface area contributed by atoms with Crippen LogP contribution in [-0.4, -0.2) is 17.4 Å². The number of amides is 1. The van der Waals surface area contributed by atoms with Crippen LogP contribution in [0.5, 0.6) is 0 Å². The van der Waals surface area contributed by atoms with Gasteiger partial charge in [0.05, 0.1) is 24.8 Å². The van der Waals surface area contributed by atoms with Gasteiger partial charge >= 0.3 is 0 Å². The summed E-state index contributed by atoms with van der Waals surface area (Å²) in [5.41, 5.74) is 5.87. The van der Waals surface area contributed by atoms with Crippen molar-refractivity contribution >= 4 is 5.91 Å². The quantitative estimate of drug-likeness (QED) is 0.835. The number of aromatic nitrogens is 1. The van der Waals surface area contributed by atoms with E-state index in [-0.39, 0.29) is 18.7 Å². The van der Waals surface area contributed by atoms with Crippen molar-refractivity contribution < 1.29 is 13.6 Å². The average molecular weight is 287 g/mol. The first kappa shape index (κ1) is 14.8. The molecule has 108 valence electrons. The summed E-state index contributed by atoms with van der Waals surface area (Å²) in [6, 6.07) is 3.83. The molecule has 0 spiro atoms. The van der Waals surface area contributed by atoms with E-state index in [0.717, 1.165) is 6.07 Å². The molecule has 0 radical (unpaired) electrons. The van der Waals surface area contributed by atoms with Crippen molar-refractivity contribution in [2.24, 2.45) is 5.73 Å². The van der Waals surface area contributed by atoms with Gasteiger partial charge in [-0.2, -0.15) is 0 Å². The first-order valence-corrected chi connectivity index (χ1v) is 6.28. The zero-order valence-electron chi connectivity index (χ0n) is 11.4. The van der Waals surface area contributed by atoms with E-state index in [1.54, 1.807) is 13.1 Å². The van der Waals surface area contributed by atoms with E-state index < -0.39 is 11.7 Å². The van der Waals surface area contributed by atoms with Crippen molar-refractivity contribution in [2.75, 3.05) is 6.54 Å². The maximum absolute atomic E-state index is 13.3. The predicted octanol–water partition coefficient (Wildman–Crippen LogP) is 1.36. The Bertz CT molecular complexity index is 713. The fourth-order valence-corrected chi connectivity index (χ4v) is 1.69. The Hall–Kier alpha value is -2.65. The highest BCUT2D eigenvalue weighted by molar-refractivity contribution is 5.96. The molecule has 2 aromatic rings. The van der Waals surface area contributed by atoms with Gasteiger partial charge < -0.3 is 15.5 Å². The van der Waals surface area contributed by atoms with Crippen LogP contribution in [0.25, 0.3) is 0 Å². The van der Waals surface area contributed by atoms with Crippen molar-refractivity contribution in [1.29, 1.82) is 0 Å². The van der Waals surface area contributed by atoms with Gasteiger partial charge in [0.2, 0.25) is 5.89 Å². The molecular formula is C15H14FN3O2. The Balaban J connectivity index is 2.15. The Labute approximate surface area is 121 Å². The number of hydrogen-bond acceptors (Lipinski definition) is 4. The van der Waals surface area contributed by atoms with Crippen LogP contribution in [0.15, 0.2) is 28.8 Å². The summed E-state index contributed by atoms with van der Waals surface area (Å²) in [5, 5.41) is 2.61. The maximum Gasteiger partial charge on any atom is 0.253 e. The van der Waals surface area contributed by atoms with Crippen LogP contribution in [0.1, 0.15) is 27.6 Å². The minimum atomic E-state index is -0.509. The third-order valence-electron chi connectivity index (χ3n) is 2.62. The molecule has 21 heavy (non-hydrogen) atoms. The highest BCUT2D eigenvalue weighted by atomic mass is 19.1. The van der Waals surface area contributed by atoms with E-state index in [2.05, 4.69) is 22.1 Å². The molecule has 0 saturated heterocycles. The molecule has 0 aliphatic rings. The number of hydrogen-bond donors (Lipinski definition) is 2. The molecule has 2 rings (SSSR count). The second-order valence-electron chi connectivity index (χ2n) is 4.24. The molecule has 0 aliphatic heterocycles. The highest BCUT2D eigenvalue weighted by Crippen LogP contribution is 2.11. The topological polar surface area (TPSA) is 81.2 Å². The van der Waals surface area contributed by atoms with Gasteiger partial charge in [0.1, 0.15) is 11.6 Å². The minimum absolute atomic E-state index is 0.118. The fraction of sp³-hybridized carbons (Fsp3) is 0.200. The van der Waals surface area contributed by atoms with Gasteiger partial charge in [0.25, 0.3) is 5.91 Å². The van der Waals surface area contributed by atoms with Crippen molar-refractivity contribution in [1.82, 2.24) is 10.3 Å². The highest BCUT2D eigenvalue weighted by Gasteiger charge is 2.12. The SMILES string of the molecule is Cc1cnc(CNC(=O)c2cc(F)ccc2C#CCN)o1. The number of rotatable bonds is 3. The summed E-state index contributed by atoms with van der Waals surface area (Å²) >= 11 is 0. The van der Waals surface area contributed by atoms with Crippen molar-refractivity contribution in [3.63, 3.8) is 0 Å². The number of aryl methyl sites for hydroxylation is 1. The molecule has 1 aromatic heterocycles. The number of carbonyl (C=O) groups excluding carboxylic acids is 1. The van der Waals surface area contributed by atoms with Gasteiger partial charge in [-0.1, -0.05) is 11.8 Å². The fourth-order valence-electron chi connectivity index (χ4n) is 1.69. The van der Waals surface area contributed by atoms with Gasteiger partial charge in [0.15, 0.2) is 0 Å². The molecule has 1 amide bonds. The lowest BCUT2D eigenvalue weighted by molar-refractivity contribution is 0.0946. The third kappa shape index (κ3) is 3.91. The number of nitrogens with zero attached hydrogens (tertiary/aromatic N) is 1. The minimum Gasteiger partial charge on any atom is -0.444 e. The van der Waals surface area contributed by atoms with Gasteiger partial charge in [0, 0.05) is 5.56 Å². The van der Waals surface area contributed by atoms with E-state index >= 15 is 0 Å². The number of nitrogens with two attached hydrogens (primary N) is 1. The summed E-state index contributed by atoms with van der Waals surface area (Å²) in [7, 11) is 0. The molecule has 6 heteroatoms. The molecule has 0 fully saturated rings. The predicted molar refractivity (Wildman–Crippen MR) is 74.7 cm³/mol. The van der Waals surface area contributed by atoms with E-state index in [1.165, 1.54) is 12.1 Å². The molecule has 0 atom stereocenters. The molecule has 0 bridgehead atoms. The molecule has 1 heterocycles. The lowest BCUT2D eigenvalue weighted by atomic mass is 10.1. The van der Waals surface area contributed by atoms with Gasteiger partial charge in [-0.15, -0.1) is 0 Å². The standard InChI is InChI=1S/C15H14FN3O2/c1-10-8-18-14(21-10)9-19-15(20)13-7-12(16)5-4-11(13)3-2-6-17/h4-5,7-8H,6,9,17H2,1H3,(H,19,20). The van der Waals surface area contributed by atoms with Crippen molar-refractivity contribution in [3.05, 3.63) is 53.0 Å². The molecule has 1 aromatic carbocycles. The van der Waals surface area contributed by atoms with Crippen molar-refractivity contribution in [2.45, 2.75) is 13.5 Å². The molecule has 5 nitrogen and oxygen atoms in total. The molecule has 0 saturated carbocycles. The van der Waals surface area contributed by atoms with E-state index in [4.69, 9.17) is 10.2 Å². The van der Waals surface area contributed by atoms with Crippen LogP contribution >= 0.6 is 0 Å². The first-order chi connectivity index (χ1) is 10.1. The number of benzene rings is 1. The number of carbonyl (C=O) groups is 1. The largest absolute Gasteiger partial charge is 0.444 e. The first-order valence-electron chi connectivity index (χ1n) is 6.28. The second-order valence-corrected chi connectivity index (χ2v) is 4.24. The van der Waals surface area contributed by atoms with E-state index in [9.17, 15) is 9.18 Å². The Kier molecular flexibility index (Phi) is 4.69. The van der Waals surface area contributed by atoms with E-state index in [1.807, 2.05) is 0 Å². The molecular weight excluding hydrogens is 273 g/mol. The van der Waals surface area contributed by atoms with Crippen LogP contribution in [0.2, 0.25) is 0 Å². The smallest absolute Gasteiger partial charge is 0.253 e. The van der Waals surface area contributed by atoms with Gasteiger partial charge in [-0.25, -0.2) is 9.37 Å². The van der Waals surface area contributed by atoms with Gasteiger partial charge in [-0.05, 0) is 25.1 Å². The Morgan fingerprint density at radius 1 is 1.52 bits per heavy atom. The Morgan fingerprint density at radius 2 is 2.33 bits per heavy atom. The number of oxazole rings is 1. The molecule has 0 unspecified atom stereocenters. The van der Waals surface area contributed by atoms with Crippen LogP contribution in [0, 0.1) is 24.6 Å². The summed E-state index contributed by atoms with van der Waals surface area (Å²) in [5.74, 6) is 5.46. The number of nitrogens with one attached hydrogen (secondary N) is 1. The monoisotopic (exact) mass is 287 g/mol. The normalized spacial score (nSPS) is 9.86. The van der Waals surface area contributed by atoms with Crippen molar-refractivity contribution in [3.8, 4) is 11.8 Å². The summed E-state index contributed by atoms with van der Waals surface area (Å²) in [6.07, 6.45) is 1.56.